The summed E-state index contributed by atoms with van der Waals surface area (Å²) >= 11 is 0. The molecule has 13 heteroatoms. The van der Waals surface area contributed by atoms with E-state index in [2.05, 4.69) is 30.1 Å². The number of halogens is 3. The van der Waals surface area contributed by atoms with Crippen LogP contribution in [0.15, 0.2) is 42.9 Å². The molecule has 202 valence electrons. The predicted molar refractivity (Wildman–Crippen MR) is 136 cm³/mol. The number of aromatic amines is 1. The van der Waals surface area contributed by atoms with Crippen LogP contribution in [0.4, 0.5) is 24.7 Å². The highest BCUT2D eigenvalue weighted by Gasteiger charge is 2.34. The van der Waals surface area contributed by atoms with E-state index in [9.17, 15) is 22.8 Å². The molecule has 2 saturated heterocycles. The van der Waals surface area contributed by atoms with Crippen molar-refractivity contribution in [2.75, 3.05) is 75.7 Å². The zero-order valence-electron chi connectivity index (χ0n) is 20.7. The van der Waals surface area contributed by atoms with Crippen molar-refractivity contribution < 1.29 is 22.8 Å². The smallest absolute Gasteiger partial charge is 0.353 e. The van der Waals surface area contributed by atoms with E-state index in [0.717, 1.165) is 49.1 Å². The van der Waals surface area contributed by atoms with E-state index >= 15 is 0 Å². The third-order valence-corrected chi connectivity index (χ3v) is 6.96. The first-order chi connectivity index (χ1) is 18.3. The number of carbonyl (C=O) groups is 2. The number of H-pyrrole nitrogens is 1. The fourth-order valence-electron chi connectivity index (χ4n) is 4.91. The molecule has 2 aromatic heterocycles. The number of amides is 2. The summed E-state index contributed by atoms with van der Waals surface area (Å²) in [5, 5.41) is 3.35. The van der Waals surface area contributed by atoms with Gasteiger partial charge in [0.1, 0.15) is 17.8 Å². The van der Waals surface area contributed by atoms with E-state index in [1.165, 1.54) is 18.2 Å². The van der Waals surface area contributed by atoms with Crippen molar-refractivity contribution in [3.05, 3.63) is 48.4 Å². The normalized spacial score (nSPS) is 17.7. The maximum atomic E-state index is 13.2. The van der Waals surface area contributed by atoms with Crippen molar-refractivity contribution in [1.29, 1.82) is 0 Å². The van der Waals surface area contributed by atoms with E-state index < -0.39 is 17.6 Å². The monoisotopic (exact) mass is 530 g/mol. The lowest BCUT2D eigenvalue weighted by atomic mass is 10.1. The second-order valence-electron chi connectivity index (χ2n) is 9.45. The molecule has 0 bridgehead atoms. The molecule has 5 rings (SSSR count). The number of hydrogen-bond acceptors (Lipinski definition) is 7. The van der Waals surface area contributed by atoms with E-state index in [1.54, 1.807) is 11.2 Å². The molecule has 38 heavy (non-hydrogen) atoms. The molecule has 0 aliphatic carbocycles. The van der Waals surface area contributed by atoms with Gasteiger partial charge in [-0.15, -0.1) is 0 Å². The van der Waals surface area contributed by atoms with Gasteiger partial charge in [0.05, 0.1) is 29.7 Å². The molecule has 2 aliphatic rings. The summed E-state index contributed by atoms with van der Waals surface area (Å²) in [5.41, 5.74) is -0.328. The van der Waals surface area contributed by atoms with Crippen LogP contribution in [-0.4, -0.2) is 107 Å². The molecule has 0 unspecified atom stereocenters. The van der Waals surface area contributed by atoms with Crippen molar-refractivity contribution in [3.63, 3.8) is 0 Å². The van der Waals surface area contributed by atoms with Crippen LogP contribution < -0.4 is 10.2 Å². The topological polar surface area (TPSA) is 101 Å². The number of hydrogen-bond donors (Lipinski definition) is 2. The number of nitrogens with zero attached hydrogens (tertiary/aromatic N) is 6. The predicted octanol–water partition coefficient (Wildman–Crippen LogP) is 1.88. The Balaban J connectivity index is 1.05. The fraction of sp³-hybridized carbons (Fsp3) is 0.440. The number of piperazine rings is 2. The number of nitrogens with one attached hydrogen (secondary N) is 2. The molecule has 0 radical (unpaired) electrons. The number of anilines is 2. The molecular weight excluding hydrogens is 501 g/mol. The number of rotatable bonds is 6. The second-order valence-corrected chi connectivity index (χ2v) is 9.45. The molecule has 2 N–H and O–H groups in total. The van der Waals surface area contributed by atoms with E-state index in [0.29, 0.717) is 32.7 Å². The van der Waals surface area contributed by atoms with Crippen molar-refractivity contribution >= 4 is 34.4 Å². The highest BCUT2D eigenvalue weighted by atomic mass is 19.4. The number of carbonyl (C=O) groups excluding carboxylic acids is 2. The number of aromatic nitrogens is 3. The van der Waals surface area contributed by atoms with Crippen molar-refractivity contribution in [2.45, 2.75) is 6.18 Å². The summed E-state index contributed by atoms with van der Waals surface area (Å²) in [4.78, 5) is 45.0. The van der Waals surface area contributed by atoms with Gasteiger partial charge in [0.2, 0.25) is 11.8 Å². The van der Waals surface area contributed by atoms with Crippen LogP contribution in [0.25, 0.3) is 11.0 Å². The molecule has 10 nitrogen and oxygen atoms in total. The van der Waals surface area contributed by atoms with Crippen LogP contribution >= 0.6 is 0 Å². The van der Waals surface area contributed by atoms with Gasteiger partial charge in [-0.05, 0) is 18.2 Å². The Labute approximate surface area is 217 Å². The van der Waals surface area contributed by atoms with Gasteiger partial charge >= 0.3 is 6.18 Å². The summed E-state index contributed by atoms with van der Waals surface area (Å²) < 4.78 is 39.5. The third kappa shape index (κ3) is 5.89. The summed E-state index contributed by atoms with van der Waals surface area (Å²) in [6.45, 7) is 5.18. The molecule has 4 heterocycles. The van der Waals surface area contributed by atoms with Crippen molar-refractivity contribution in [2.24, 2.45) is 0 Å². The minimum Gasteiger partial charge on any atom is -0.353 e. The van der Waals surface area contributed by atoms with Gasteiger partial charge in [0, 0.05) is 58.6 Å². The van der Waals surface area contributed by atoms with Gasteiger partial charge in [-0.2, -0.15) is 13.2 Å². The van der Waals surface area contributed by atoms with Crippen LogP contribution in [0.5, 0.6) is 0 Å². The minimum atomic E-state index is -4.55. The SMILES string of the molecule is O=C(CN1CCN(C(=O)CN2CCN(c3ncnc4[nH]ccc34)CC2)CC1)Nc1ccccc1C(F)(F)F. The average molecular weight is 531 g/mol. The second kappa shape index (κ2) is 11.0. The van der Waals surface area contributed by atoms with Crippen LogP contribution in [-0.2, 0) is 15.8 Å². The Hall–Kier alpha value is -3.71. The molecule has 0 spiro atoms. The lowest BCUT2D eigenvalue weighted by molar-refractivity contribution is -0.137. The van der Waals surface area contributed by atoms with E-state index in [4.69, 9.17) is 0 Å². The third-order valence-electron chi connectivity index (χ3n) is 6.96. The van der Waals surface area contributed by atoms with Gasteiger partial charge in [-0.1, -0.05) is 12.1 Å². The van der Waals surface area contributed by atoms with Gasteiger partial charge in [0.15, 0.2) is 0 Å². The zero-order valence-corrected chi connectivity index (χ0v) is 20.7. The summed E-state index contributed by atoms with van der Waals surface area (Å²) in [5.74, 6) is 0.418. The Morgan fingerprint density at radius 2 is 1.58 bits per heavy atom. The maximum absolute atomic E-state index is 13.2. The minimum absolute atomic E-state index is 0.0341. The summed E-state index contributed by atoms with van der Waals surface area (Å²) in [6, 6.07) is 6.88. The molecule has 2 amide bonds. The van der Waals surface area contributed by atoms with Crippen LogP contribution in [0.3, 0.4) is 0 Å². The number of para-hydroxylation sites is 1. The van der Waals surface area contributed by atoms with Crippen LogP contribution in [0.2, 0.25) is 0 Å². The molecule has 0 saturated carbocycles. The van der Waals surface area contributed by atoms with E-state index in [1.807, 2.05) is 17.2 Å². The Kier molecular flexibility index (Phi) is 7.47. The van der Waals surface area contributed by atoms with Gasteiger partial charge in [-0.3, -0.25) is 19.4 Å². The first-order valence-corrected chi connectivity index (χ1v) is 12.5. The Morgan fingerprint density at radius 1 is 0.895 bits per heavy atom. The first-order valence-electron chi connectivity index (χ1n) is 12.5. The molecule has 2 fully saturated rings. The number of benzene rings is 1. The first kappa shape index (κ1) is 25.9. The number of alkyl halides is 3. The van der Waals surface area contributed by atoms with Gasteiger partial charge in [-0.25, -0.2) is 9.97 Å². The van der Waals surface area contributed by atoms with Crippen molar-refractivity contribution in [1.82, 2.24) is 29.7 Å². The Morgan fingerprint density at radius 3 is 2.32 bits per heavy atom. The molecular formula is C25H29F3N8O2. The molecule has 2 aliphatic heterocycles. The summed E-state index contributed by atoms with van der Waals surface area (Å²) in [6.07, 6.45) is -1.15. The molecule has 1 aromatic carbocycles. The van der Waals surface area contributed by atoms with E-state index in [-0.39, 0.29) is 18.1 Å². The maximum Gasteiger partial charge on any atom is 0.418 e. The fourth-order valence-corrected chi connectivity index (χ4v) is 4.91. The van der Waals surface area contributed by atoms with Gasteiger partial charge < -0.3 is 20.1 Å². The standard InChI is InChI=1S/C25H29F3N8O2/c26-25(27,28)19-3-1-2-4-20(19)32-21(37)15-33-7-11-35(12-8-33)22(38)16-34-9-13-36(14-10-34)24-18-5-6-29-23(18)30-17-31-24/h1-6,17H,7-16H2,(H,32,37)(H,29,30,31). The quantitative estimate of drug-likeness (QED) is 0.502. The van der Waals surface area contributed by atoms with Crippen LogP contribution in [0, 0.1) is 0 Å². The average Bonchev–Trinajstić information content (AvgIpc) is 3.38. The highest BCUT2D eigenvalue weighted by molar-refractivity contribution is 5.93. The van der Waals surface area contributed by atoms with Crippen LogP contribution in [0.1, 0.15) is 5.56 Å². The zero-order chi connectivity index (χ0) is 26.7. The van der Waals surface area contributed by atoms with Crippen molar-refractivity contribution in [3.8, 4) is 0 Å². The lowest BCUT2D eigenvalue weighted by Crippen LogP contribution is -2.54. The Bertz CT molecular complexity index is 1280. The number of fused-ring (bicyclic) bond motifs is 1. The molecule has 3 aromatic rings. The summed E-state index contributed by atoms with van der Waals surface area (Å²) in [7, 11) is 0. The molecule has 0 atom stereocenters. The largest absolute Gasteiger partial charge is 0.418 e. The lowest BCUT2D eigenvalue weighted by Gasteiger charge is -2.38. The van der Waals surface area contributed by atoms with Gasteiger partial charge in [0.25, 0.3) is 0 Å². The highest BCUT2D eigenvalue weighted by Crippen LogP contribution is 2.34.